The smallest absolute Gasteiger partial charge is 0.220 e. The van der Waals surface area contributed by atoms with E-state index in [2.05, 4.69) is 9.97 Å². The second kappa shape index (κ2) is 3.59. The molecule has 0 radical (unpaired) electrons. The van der Waals surface area contributed by atoms with Crippen molar-refractivity contribution in [2.75, 3.05) is 5.73 Å². The van der Waals surface area contributed by atoms with Gasteiger partial charge in [0.15, 0.2) is 5.76 Å². The Bertz CT molecular complexity index is 635. The number of furan rings is 1. The molecule has 0 amide bonds. The molecule has 3 rings (SSSR count). The Hall–Kier alpha value is -2.36. The molecule has 17 heavy (non-hydrogen) atoms. The standard InChI is InChI=1S/C13H11N3O/c1-8-6-10(16-13(14)15-8)12-7-9-4-2-3-5-11(9)17-12/h2-7H,1H3,(H2,14,15,16). The molecule has 0 spiro atoms. The Morgan fingerprint density at radius 2 is 1.94 bits per heavy atom. The molecule has 0 atom stereocenters. The minimum Gasteiger partial charge on any atom is -0.454 e. The van der Waals surface area contributed by atoms with Crippen LogP contribution in [0.4, 0.5) is 5.95 Å². The molecular formula is C13H11N3O. The van der Waals surface area contributed by atoms with Crippen LogP contribution in [0.3, 0.4) is 0 Å². The summed E-state index contributed by atoms with van der Waals surface area (Å²) >= 11 is 0. The molecule has 0 aliphatic heterocycles. The fourth-order valence-electron chi connectivity index (χ4n) is 1.83. The predicted octanol–water partition coefficient (Wildman–Crippen LogP) is 2.78. The van der Waals surface area contributed by atoms with Crippen LogP contribution in [-0.2, 0) is 0 Å². The van der Waals surface area contributed by atoms with Crippen LogP contribution < -0.4 is 5.73 Å². The highest BCUT2D eigenvalue weighted by Gasteiger charge is 2.08. The number of hydrogen-bond donors (Lipinski definition) is 1. The first-order chi connectivity index (χ1) is 8.22. The van der Waals surface area contributed by atoms with Crippen LogP contribution in [0, 0.1) is 6.92 Å². The zero-order valence-corrected chi connectivity index (χ0v) is 9.34. The van der Waals surface area contributed by atoms with Crippen LogP contribution in [0.1, 0.15) is 5.69 Å². The average molecular weight is 225 g/mol. The van der Waals surface area contributed by atoms with Gasteiger partial charge in [-0.1, -0.05) is 18.2 Å². The number of nitrogen functional groups attached to an aromatic ring is 1. The molecule has 0 saturated carbocycles. The average Bonchev–Trinajstić information content (AvgIpc) is 2.71. The Morgan fingerprint density at radius 1 is 1.12 bits per heavy atom. The van der Waals surface area contributed by atoms with E-state index in [0.717, 1.165) is 16.7 Å². The van der Waals surface area contributed by atoms with Crippen molar-refractivity contribution in [1.29, 1.82) is 0 Å². The van der Waals surface area contributed by atoms with Crippen LogP contribution in [-0.4, -0.2) is 9.97 Å². The summed E-state index contributed by atoms with van der Waals surface area (Å²) < 4.78 is 5.72. The summed E-state index contributed by atoms with van der Waals surface area (Å²) in [5.41, 5.74) is 8.01. The number of nitrogens with zero attached hydrogens (tertiary/aromatic N) is 2. The van der Waals surface area contributed by atoms with E-state index in [9.17, 15) is 0 Å². The zero-order chi connectivity index (χ0) is 11.8. The molecule has 4 nitrogen and oxygen atoms in total. The Labute approximate surface area is 98.1 Å². The van der Waals surface area contributed by atoms with Crippen molar-refractivity contribution in [3.63, 3.8) is 0 Å². The summed E-state index contributed by atoms with van der Waals surface area (Å²) in [6.07, 6.45) is 0. The maximum atomic E-state index is 5.72. The van der Waals surface area contributed by atoms with Gasteiger partial charge < -0.3 is 10.2 Å². The lowest BCUT2D eigenvalue weighted by atomic mass is 10.2. The third-order valence-electron chi connectivity index (χ3n) is 2.55. The summed E-state index contributed by atoms with van der Waals surface area (Å²) in [6, 6.07) is 11.6. The first-order valence-corrected chi connectivity index (χ1v) is 5.32. The van der Waals surface area contributed by atoms with Crippen molar-refractivity contribution in [1.82, 2.24) is 9.97 Å². The molecule has 2 heterocycles. The Morgan fingerprint density at radius 3 is 2.71 bits per heavy atom. The highest BCUT2D eigenvalue weighted by molar-refractivity contribution is 5.82. The fourth-order valence-corrected chi connectivity index (χ4v) is 1.83. The lowest BCUT2D eigenvalue weighted by Gasteiger charge is -1.99. The second-order valence-electron chi connectivity index (χ2n) is 3.90. The van der Waals surface area contributed by atoms with Crippen LogP contribution in [0.25, 0.3) is 22.4 Å². The zero-order valence-electron chi connectivity index (χ0n) is 9.34. The number of hydrogen-bond acceptors (Lipinski definition) is 4. The van der Waals surface area contributed by atoms with Crippen molar-refractivity contribution >= 4 is 16.9 Å². The van der Waals surface area contributed by atoms with E-state index in [1.807, 2.05) is 43.3 Å². The van der Waals surface area contributed by atoms with Crippen molar-refractivity contribution in [2.45, 2.75) is 6.92 Å². The largest absolute Gasteiger partial charge is 0.454 e. The van der Waals surface area contributed by atoms with E-state index >= 15 is 0 Å². The molecule has 0 fully saturated rings. The van der Waals surface area contributed by atoms with Crippen LogP contribution in [0.15, 0.2) is 40.8 Å². The molecule has 0 aliphatic rings. The van der Waals surface area contributed by atoms with Gasteiger partial charge in [-0.3, -0.25) is 0 Å². The molecule has 2 aromatic heterocycles. The molecule has 1 aromatic carbocycles. The monoisotopic (exact) mass is 225 g/mol. The minimum absolute atomic E-state index is 0.264. The highest BCUT2D eigenvalue weighted by Crippen LogP contribution is 2.26. The summed E-state index contributed by atoms with van der Waals surface area (Å²) in [6.45, 7) is 1.88. The lowest BCUT2D eigenvalue weighted by molar-refractivity contribution is 0.628. The van der Waals surface area contributed by atoms with Crippen molar-refractivity contribution in [2.24, 2.45) is 0 Å². The van der Waals surface area contributed by atoms with Crippen LogP contribution in [0.2, 0.25) is 0 Å². The molecule has 2 N–H and O–H groups in total. The second-order valence-corrected chi connectivity index (χ2v) is 3.90. The molecule has 0 unspecified atom stereocenters. The number of rotatable bonds is 1. The fraction of sp³-hybridized carbons (Fsp3) is 0.0769. The van der Waals surface area contributed by atoms with Gasteiger partial charge in [0.2, 0.25) is 5.95 Å². The molecule has 0 bridgehead atoms. The van der Waals surface area contributed by atoms with Crippen molar-refractivity contribution < 1.29 is 4.42 Å². The van der Waals surface area contributed by atoms with E-state index < -0.39 is 0 Å². The van der Waals surface area contributed by atoms with E-state index in [-0.39, 0.29) is 5.95 Å². The van der Waals surface area contributed by atoms with Gasteiger partial charge in [-0.2, -0.15) is 0 Å². The molecule has 3 aromatic rings. The number of aromatic nitrogens is 2. The van der Waals surface area contributed by atoms with Gasteiger partial charge in [-0.15, -0.1) is 0 Å². The number of para-hydroxylation sites is 1. The number of nitrogens with two attached hydrogens (primary N) is 1. The normalized spacial score (nSPS) is 10.9. The molecule has 4 heteroatoms. The number of aryl methyl sites for hydroxylation is 1. The molecule has 0 saturated heterocycles. The number of anilines is 1. The SMILES string of the molecule is Cc1cc(-c2cc3ccccc3o2)nc(N)n1. The summed E-state index contributed by atoms with van der Waals surface area (Å²) in [4.78, 5) is 8.21. The van der Waals surface area contributed by atoms with E-state index in [4.69, 9.17) is 10.2 Å². The Kier molecular flexibility index (Phi) is 2.08. The number of fused-ring (bicyclic) bond motifs is 1. The minimum atomic E-state index is 0.264. The molecule has 84 valence electrons. The van der Waals surface area contributed by atoms with Crippen molar-refractivity contribution in [3.8, 4) is 11.5 Å². The lowest BCUT2D eigenvalue weighted by Crippen LogP contribution is -1.97. The van der Waals surface area contributed by atoms with Gasteiger partial charge in [0.25, 0.3) is 0 Å². The third-order valence-corrected chi connectivity index (χ3v) is 2.55. The summed E-state index contributed by atoms with van der Waals surface area (Å²) in [5, 5.41) is 1.05. The van der Waals surface area contributed by atoms with Crippen LogP contribution in [0.5, 0.6) is 0 Å². The number of benzene rings is 1. The third kappa shape index (κ3) is 1.73. The van der Waals surface area contributed by atoms with E-state index in [1.54, 1.807) is 0 Å². The van der Waals surface area contributed by atoms with Gasteiger partial charge in [0, 0.05) is 11.1 Å². The van der Waals surface area contributed by atoms with E-state index in [0.29, 0.717) is 11.5 Å². The quantitative estimate of drug-likeness (QED) is 0.691. The van der Waals surface area contributed by atoms with Crippen LogP contribution >= 0.6 is 0 Å². The first kappa shape index (κ1) is 9.84. The van der Waals surface area contributed by atoms with Gasteiger partial charge in [0.1, 0.15) is 11.3 Å². The molecular weight excluding hydrogens is 214 g/mol. The topological polar surface area (TPSA) is 64.9 Å². The maximum Gasteiger partial charge on any atom is 0.220 e. The van der Waals surface area contributed by atoms with E-state index in [1.165, 1.54) is 0 Å². The van der Waals surface area contributed by atoms with Crippen molar-refractivity contribution in [3.05, 3.63) is 42.1 Å². The maximum absolute atomic E-state index is 5.72. The van der Waals surface area contributed by atoms with Gasteiger partial charge in [-0.05, 0) is 25.1 Å². The van der Waals surface area contributed by atoms with Gasteiger partial charge >= 0.3 is 0 Å². The Balaban J connectivity index is 2.20. The highest BCUT2D eigenvalue weighted by atomic mass is 16.3. The van der Waals surface area contributed by atoms with Gasteiger partial charge in [-0.25, -0.2) is 9.97 Å². The molecule has 0 aliphatic carbocycles. The predicted molar refractivity (Wildman–Crippen MR) is 66.4 cm³/mol. The summed E-state index contributed by atoms with van der Waals surface area (Å²) in [5.74, 6) is 0.976. The van der Waals surface area contributed by atoms with Gasteiger partial charge in [0.05, 0.1) is 0 Å². The summed E-state index contributed by atoms with van der Waals surface area (Å²) in [7, 11) is 0. The first-order valence-electron chi connectivity index (χ1n) is 5.32.